The summed E-state index contributed by atoms with van der Waals surface area (Å²) >= 11 is 0. The molecule has 0 aliphatic heterocycles. The van der Waals surface area contributed by atoms with Crippen molar-refractivity contribution in [2.45, 2.75) is 0 Å². The first kappa shape index (κ1) is 21.0. The minimum absolute atomic E-state index is 0.133. The van der Waals surface area contributed by atoms with E-state index in [1.807, 2.05) is 0 Å². The topological polar surface area (TPSA) is 94.5 Å². The van der Waals surface area contributed by atoms with Gasteiger partial charge in [0, 0.05) is 32.0 Å². The van der Waals surface area contributed by atoms with Gasteiger partial charge in [-0.3, -0.25) is 9.59 Å². The number of amides is 1. The van der Waals surface area contributed by atoms with Crippen molar-refractivity contribution in [2.24, 2.45) is 7.05 Å². The second-order valence-electron chi connectivity index (χ2n) is 6.32. The van der Waals surface area contributed by atoms with Gasteiger partial charge in [0.1, 0.15) is 11.6 Å². The summed E-state index contributed by atoms with van der Waals surface area (Å²) in [6.45, 7) is 0.786. The zero-order chi connectivity index (χ0) is 21.5. The highest BCUT2D eigenvalue weighted by molar-refractivity contribution is 5.95. The minimum Gasteiger partial charge on any atom is -0.453 e. The summed E-state index contributed by atoms with van der Waals surface area (Å²) in [6, 6.07) is 12.1. The Morgan fingerprint density at radius 2 is 1.97 bits per heavy atom. The number of nitrogens with zero attached hydrogens (tertiary/aromatic N) is 2. The van der Waals surface area contributed by atoms with Gasteiger partial charge in [-0.1, -0.05) is 6.07 Å². The van der Waals surface area contributed by atoms with E-state index >= 15 is 0 Å². The molecule has 0 saturated carbocycles. The lowest BCUT2D eigenvalue weighted by Gasteiger charge is -2.14. The Bertz CT molecular complexity index is 1080. The highest BCUT2D eigenvalue weighted by Gasteiger charge is 2.14. The van der Waals surface area contributed by atoms with Crippen LogP contribution in [0.25, 0.3) is 0 Å². The lowest BCUT2D eigenvalue weighted by atomic mass is 10.2. The van der Waals surface area contributed by atoms with E-state index in [1.54, 1.807) is 31.4 Å². The van der Waals surface area contributed by atoms with Crippen molar-refractivity contribution in [2.75, 3.05) is 25.6 Å². The van der Waals surface area contributed by atoms with Crippen molar-refractivity contribution in [1.29, 1.82) is 0 Å². The first-order valence-corrected chi connectivity index (χ1v) is 9.12. The predicted molar refractivity (Wildman–Crippen MR) is 110 cm³/mol. The van der Waals surface area contributed by atoms with Crippen LogP contribution in [0, 0.1) is 5.82 Å². The average Bonchev–Trinajstić information content (AvgIpc) is 2.75. The number of carbonyl (C=O) groups is 1. The Morgan fingerprint density at radius 3 is 2.70 bits per heavy atom. The number of halogens is 1. The number of ether oxygens (including phenoxy) is 2. The van der Waals surface area contributed by atoms with Crippen LogP contribution in [0.4, 0.5) is 15.8 Å². The van der Waals surface area contributed by atoms with E-state index in [2.05, 4.69) is 15.7 Å². The van der Waals surface area contributed by atoms with E-state index in [9.17, 15) is 14.0 Å². The second kappa shape index (κ2) is 9.66. The summed E-state index contributed by atoms with van der Waals surface area (Å²) in [4.78, 5) is 24.9. The molecule has 0 spiro atoms. The molecule has 0 aliphatic rings. The Kier molecular flexibility index (Phi) is 6.76. The third-order valence-electron chi connectivity index (χ3n) is 4.13. The molecule has 1 heterocycles. The molecule has 9 heteroatoms. The maximum atomic E-state index is 13.1. The zero-order valence-corrected chi connectivity index (χ0v) is 16.5. The van der Waals surface area contributed by atoms with Gasteiger partial charge in [-0.2, -0.15) is 5.10 Å². The highest BCUT2D eigenvalue weighted by Crippen LogP contribution is 2.28. The molecule has 1 amide bonds. The van der Waals surface area contributed by atoms with Crippen LogP contribution in [0.5, 0.6) is 11.5 Å². The highest BCUT2D eigenvalue weighted by atomic mass is 19.1. The van der Waals surface area contributed by atoms with Gasteiger partial charge in [-0.25, -0.2) is 9.07 Å². The molecule has 2 aromatic carbocycles. The number of anilines is 2. The quantitative estimate of drug-likeness (QED) is 0.553. The number of carbonyl (C=O) groups excluding carboxylic acids is 1. The molecule has 3 aromatic rings. The monoisotopic (exact) mass is 412 g/mol. The van der Waals surface area contributed by atoms with Crippen molar-refractivity contribution in [3.63, 3.8) is 0 Å². The van der Waals surface area contributed by atoms with Gasteiger partial charge < -0.3 is 20.1 Å². The molecule has 0 saturated heterocycles. The SMILES string of the molecule is COCCNC(=O)c1cccc(Nc2c(Oc3ccc(F)cc3)cnn(C)c2=O)c1. The lowest BCUT2D eigenvalue weighted by molar-refractivity contribution is 0.0937. The number of methoxy groups -OCH3 is 1. The van der Waals surface area contributed by atoms with Gasteiger partial charge in [0.15, 0.2) is 11.4 Å². The van der Waals surface area contributed by atoms with Crippen molar-refractivity contribution in [3.05, 3.63) is 76.5 Å². The molecule has 0 aliphatic carbocycles. The predicted octanol–water partition coefficient (Wildman–Crippen LogP) is 2.83. The van der Waals surface area contributed by atoms with Crippen molar-refractivity contribution in [3.8, 4) is 11.5 Å². The molecule has 0 unspecified atom stereocenters. The summed E-state index contributed by atoms with van der Waals surface area (Å²) in [5, 5.41) is 9.71. The van der Waals surface area contributed by atoms with E-state index in [0.29, 0.717) is 30.2 Å². The van der Waals surface area contributed by atoms with Crippen LogP contribution in [0.3, 0.4) is 0 Å². The van der Waals surface area contributed by atoms with Crippen LogP contribution < -0.4 is 20.9 Å². The zero-order valence-electron chi connectivity index (χ0n) is 16.5. The van der Waals surface area contributed by atoms with Crippen LogP contribution in [0.1, 0.15) is 10.4 Å². The van der Waals surface area contributed by atoms with Crippen LogP contribution in [0.15, 0.2) is 59.5 Å². The Balaban J connectivity index is 1.86. The fourth-order valence-electron chi connectivity index (χ4n) is 2.60. The smallest absolute Gasteiger partial charge is 0.294 e. The number of benzene rings is 2. The van der Waals surface area contributed by atoms with E-state index in [0.717, 1.165) is 4.68 Å². The summed E-state index contributed by atoms with van der Waals surface area (Å²) in [5.74, 6) is -0.148. The fourth-order valence-corrected chi connectivity index (χ4v) is 2.60. The summed E-state index contributed by atoms with van der Waals surface area (Å²) in [5.41, 5.74) is 0.642. The molecule has 0 atom stereocenters. The molecular weight excluding hydrogens is 391 g/mol. The van der Waals surface area contributed by atoms with Crippen LogP contribution >= 0.6 is 0 Å². The summed E-state index contributed by atoms with van der Waals surface area (Å²) in [7, 11) is 3.06. The number of rotatable bonds is 8. The number of hydrogen-bond acceptors (Lipinski definition) is 6. The fraction of sp³-hybridized carbons (Fsp3) is 0.190. The van der Waals surface area contributed by atoms with Crippen LogP contribution in [-0.4, -0.2) is 35.9 Å². The standard InChI is InChI=1S/C21H21FN4O4/c1-26-21(28)19(18(13-24-26)30-17-8-6-15(22)7-9-17)25-16-5-3-4-14(12-16)20(27)23-10-11-29-2/h3-9,12-13,25H,10-11H2,1-2H3,(H,23,27). The molecular formula is C21H21FN4O4. The Hall–Kier alpha value is -3.72. The maximum absolute atomic E-state index is 13.1. The van der Waals surface area contributed by atoms with Gasteiger partial charge in [0.25, 0.3) is 11.5 Å². The van der Waals surface area contributed by atoms with Crippen molar-refractivity contribution >= 4 is 17.3 Å². The van der Waals surface area contributed by atoms with E-state index in [4.69, 9.17) is 9.47 Å². The molecule has 0 bridgehead atoms. The average molecular weight is 412 g/mol. The number of nitrogens with one attached hydrogen (secondary N) is 2. The lowest BCUT2D eigenvalue weighted by Crippen LogP contribution is -2.27. The van der Waals surface area contributed by atoms with E-state index in [-0.39, 0.29) is 17.3 Å². The Labute approximate surface area is 172 Å². The Morgan fingerprint density at radius 1 is 1.20 bits per heavy atom. The van der Waals surface area contributed by atoms with Crippen molar-refractivity contribution in [1.82, 2.24) is 15.1 Å². The third kappa shape index (κ3) is 5.21. The number of aromatic nitrogens is 2. The second-order valence-corrected chi connectivity index (χ2v) is 6.32. The molecule has 3 rings (SSSR count). The molecule has 1 aromatic heterocycles. The summed E-state index contributed by atoms with van der Waals surface area (Å²) in [6.07, 6.45) is 1.38. The van der Waals surface area contributed by atoms with Crippen molar-refractivity contribution < 1.29 is 18.7 Å². The largest absolute Gasteiger partial charge is 0.453 e. The minimum atomic E-state index is -0.426. The number of aryl methyl sites for hydroxylation is 1. The summed E-state index contributed by atoms with van der Waals surface area (Å²) < 4.78 is 24.9. The molecule has 0 radical (unpaired) electrons. The molecule has 30 heavy (non-hydrogen) atoms. The van der Waals surface area contributed by atoms with Gasteiger partial charge in [0.2, 0.25) is 0 Å². The first-order chi connectivity index (χ1) is 14.5. The first-order valence-electron chi connectivity index (χ1n) is 9.12. The molecule has 2 N–H and O–H groups in total. The molecule has 156 valence electrons. The van der Waals surface area contributed by atoms with Crippen LogP contribution in [0.2, 0.25) is 0 Å². The molecule has 0 fully saturated rings. The molecule has 8 nitrogen and oxygen atoms in total. The number of hydrogen-bond donors (Lipinski definition) is 2. The maximum Gasteiger partial charge on any atom is 0.294 e. The van der Waals surface area contributed by atoms with E-state index in [1.165, 1.54) is 37.5 Å². The van der Waals surface area contributed by atoms with Gasteiger partial charge in [-0.05, 0) is 42.5 Å². The van der Waals surface area contributed by atoms with Gasteiger partial charge >= 0.3 is 0 Å². The van der Waals surface area contributed by atoms with Gasteiger partial charge in [0.05, 0.1) is 12.8 Å². The van der Waals surface area contributed by atoms with Gasteiger partial charge in [-0.15, -0.1) is 0 Å². The third-order valence-corrected chi connectivity index (χ3v) is 4.13. The van der Waals surface area contributed by atoms with E-state index < -0.39 is 11.4 Å². The normalized spacial score (nSPS) is 10.5. The van der Waals surface area contributed by atoms with Crippen LogP contribution in [-0.2, 0) is 11.8 Å².